The van der Waals surface area contributed by atoms with Crippen molar-refractivity contribution < 1.29 is 4.79 Å². The zero-order chi connectivity index (χ0) is 8.27. The van der Waals surface area contributed by atoms with Crippen molar-refractivity contribution in [3.8, 4) is 0 Å². The maximum absolute atomic E-state index is 9.70. The highest BCUT2D eigenvalue weighted by Crippen LogP contribution is 2.04. The first-order valence-corrected chi connectivity index (χ1v) is 3.53. The van der Waals surface area contributed by atoms with Gasteiger partial charge in [-0.05, 0) is 10.4 Å². The van der Waals surface area contributed by atoms with E-state index in [4.69, 9.17) is 0 Å². The summed E-state index contributed by atoms with van der Waals surface area (Å²) in [6, 6.07) is 8.48. The SMILES string of the molecule is CNC(C)=O.N.c1cc2ccc1=2. The Kier molecular flexibility index (Phi) is 4.00. The van der Waals surface area contributed by atoms with E-state index in [0.717, 1.165) is 0 Å². The van der Waals surface area contributed by atoms with E-state index in [9.17, 15) is 4.79 Å². The molecule has 0 aliphatic heterocycles. The molecule has 0 atom stereocenters. The maximum Gasteiger partial charge on any atom is 0.216 e. The van der Waals surface area contributed by atoms with Crippen molar-refractivity contribution in [1.82, 2.24) is 11.5 Å². The molecule has 0 bridgehead atoms. The largest absolute Gasteiger partial charge is 0.359 e. The summed E-state index contributed by atoms with van der Waals surface area (Å²) < 4.78 is 0. The van der Waals surface area contributed by atoms with Gasteiger partial charge in [0.2, 0.25) is 5.91 Å². The third-order valence-electron chi connectivity index (χ3n) is 1.57. The van der Waals surface area contributed by atoms with Gasteiger partial charge in [0.05, 0.1) is 0 Å². The number of nitrogens with one attached hydrogen (secondary N) is 1. The zero-order valence-corrected chi connectivity index (χ0v) is 7.42. The highest BCUT2D eigenvalue weighted by Gasteiger charge is 1.88. The van der Waals surface area contributed by atoms with Gasteiger partial charge >= 0.3 is 0 Å². The van der Waals surface area contributed by atoms with Crippen LogP contribution in [0.2, 0.25) is 0 Å². The molecule has 3 heteroatoms. The summed E-state index contributed by atoms with van der Waals surface area (Å²) in [5.74, 6) is 0.00463. The van der Waals surface area contributed by atoms with Gasteiger partial charge in [0.25, 0.3) is 0 Å². The number of hydrogen-bond donors (Lipinski definition) is 2. The van der Waals surface area contributed by atoms with E-state index in [1.54, 1.807) is 7.05 Å². The Morgan fingerprint density at radius 2 is 1.42 bits per heavy atom. The fourth-order valence-electron chi connectivity index (χ4n) is 0.663. The highest BCUT2D eigenvalue weighted by molar-refractivity contribution is 5.72. The number of hydrogen-bond acceptors (Lipinski definition) is 2. The smallest absolute Gasteiger partial charge is 0.216 e. The summed E-state index contributed by atoms with van der Waals surface area (Å²) in [6.45, 7) is 1.47. The van der Waals surface area contributed by atoms with Crippen molar-refractivity contribution in [1.29, 1.82) is 0 Å². The van der Waals surface area contributed by atoms with Crippen LogP contribution in [-0.4, -0.2) is 13.0 Å². The van der Waals surface area contributed by atoms with Crippen LogP contribution >= 0.6 is 0 Å². The summed E-state index contributed by atoms with van der Waals surface area (Å²) in [6.07, 6.45) is 0. The van der Waals surface area contributed by atoms with E-state index < -0.39 is 0 Å². The molecule has 2 aliphatic carbocycles. The normalized spacial score (nSPS) is 8.50. The van der Waals surface area contributed by atoms with Gasteiger partial charge in [-0.3, -0.25) is 4.79 Å². The molecule has 0 spiro atoms. The molecule has 2 aliphatic rings. The predicted molar refractivity (Wildman–Crippen MR) is 48.9 cm³/mol. The Hall–Kier alpha value is -1.35. The molecule has 0 saturated carbocycles. The van der Waals surface area contributed by atoms with Gasteiger partial charge in [0.1, 0.15) is 0 Å². The molecule has 0 radical (unpaired) electrons. The fraction of sp³-hybridized carbons (Fsp3) is 0.222. The van der Waals surface area contributed by atoms with E-state index in [-0.39, 0.29) is 12.1 Å². The van der Waals surface area contributed by atoms with Crippen molar-refractivity contribution >= 4 is 5.91 Å². The molecule has 0 aromatic carbocycles. The van der Waals surface area contributed by atoms with E-state index in [1.165, 1.54) is 17.4 Å². The Labute approximate surface area is 71.7 Å². The Balaban J connectivity index is 0.000000191. The predicted octanol–water partition coefficient (Wildman–Crippen LogP) is 1.20. The van der Waals surface area contributed by atoms with E-state index >= 15 is 0 Å². The Morgan fingerprint density at radius 3 is 1.42 bits per heavy atom. The molecule has 4 N–H and O–H groups in total. The zero-order valence-electron chi connectivity index (χ0n) is 7.42. The molecule has 0 aromatic heterocycles. The lowest BCUT2D eigenvalue weighted by Gasteiger charge is -1.95. The molecule has 0 unspecified atom stereocenters. The van der Waals surface area contributed by atoms with Crippen molar-refractivity contribution in [2.45, 2.75) is 6.92 Å². The Morgan fingerprint density at radius 1 is 1.17 bits per heavy atom. The van der Waals surface area contributed by atoms with Crippen LogP contribution in [0.15, 0.2) is 24.3 Å². The minimum Gasteiger partial charge on any atom is -0.359 e. The van der Waals surface area contributed by atoms with Gasteiger partial charge in [-0.15, -0.1) is 0 Å². The molecular formula is C9H14N2O. The average molecular weight is 166 g/mol. The van der Waals surface area contributed by atoms with Crippen molar-refractivity contribution in [2.75, 3.05) is 7.05 Å². The number of carbonyl (C=O) groups excluding carboxylic acids is 1. The molecular weight excluding hydrogens is 152 g/mol. The summed E-state index contributed by atoms with van der Waals surface area (Å²) in [7, 11) is 1.60. The van der Waals surface area contributed by atoms with Gasteiger partial charge in [0.15, 0.2) is 0 Å². The molecule has 66 valence electrons. The molecule has 1 amide bonds. The minimum absolute atomic E-state index is 0. The van der Waals surface area contributed by atoms with Crippen LogP contribution in [0.3, 0.4) is 0 Å². The van der Waals surface area contributed by atoms with Crippen LogP contribution in [0, 0.1) is 10.4 Å². The lowest BCUT2D eigenvalue weighted by molar-refractivity contribution is -0.118. The lowest BCUT2D eigenvalue weighted by atomic mass is 10.1. The quantitative estimate of drug-likeness (QED) is 0.617. The topological polar surface area (TPSA) is 64.1 Å². The standard InChI is InChI=1S/C6H4.C3H7NO.H3N/c1-2-6-4-3-5(1)6;1-3(5)4-2;/h1-4H;1-2H3,(H,4,5);1H3. The highest BCUT2D eigenvalue weighted by atomic mass is 16.1. The second-order valence-electron chi connectivity index (χ2n) is 2.38. The van der Waals surface area contributed by atoms with Crippen LogP contribution in [0.4, 0.5) is 0 Å². The van der Waals surface area contributed by atoms with Crippen molar-refractivity contribution in [3.63, 3.8) is 0 Å². The summed E-state index contributed by atoms with van der Waals surface area (Å²) >= 11 is 0. The van der Waals surface area contributed by atoms with Crippen LogP contribution in [-0.2, 0) is 4.79 Å². The van der Waals surface area contributed by atoms with Crippen LogP contribution in [0.1, 0.15) is 6.92 Å². The average Bonchev–Trinajstić information content (AvgIpc) is 1.98. The molecule has 0 fully saturated rings. The Bertz CT molecular complexity index is 296. The second kappa shape index (κ2) is 4.51. The number of carbonyl (C=O) groups is 1. The minimum atomic E-state index is 0. The van der Waals surface area contributed by atoms with Crippen molar-refractivity contribution in [3.05, 3.63) is 34.7 Å². The maximum atomic E-state index is 9.70. The lowest BCUT2D eigenvalue weighted by Crippen LogP contribution is -2.11. The molecule has 2 rings (SSSR count). The van der Waals surface area contributed by atoms with Crippen LogP contribution < -0.4 is 11.5 Å². The van der Waals surface area contributed by atoms with E-state index in [2.05, 4.69) is 29.6 Å². The number of benzene rings is 1. The molecule has 12 heavy (non-hydrogen) atoms. The molecule has 0 aromatic rings. The molecule has 0 heterocycles. The first kappa shape index (κ1) is 10.7. The summed E-state index contributed by atoms with van der Waals surface area (Å²) in [4.78, 5) is 9.70. The summed E-state index contributed by atoms with van der Waals surface area (Å²) in [5, 5.41) is 5.24. The second-order valence-corrected chi connectivity index (χ2v) is 2.38. The van der Waals surface area contributed by atoms with Gasteiger partial charge in [-0.1, -0.05) is 24.3 Å². The fourth-order valence-corrected chi connectivity index (χ4v) is 0.663. The third kappa shape index (κ3) is 2.36. The van der Waals surface area contributed by atoms with Gasteiger partial charge in [-0.25, -0.2) is 0 Å². The molecule has 0 saturated heterocycles. The number of rotatable bonds is 0. The van der Waals surface area contributed by atoms with E-state index in [1.807, 2.05) is 0 Å². The van der Waals surface area contributed by atoms with Crippen molar-refractivity contribution in [2.24, 2.45) is 0 Å². The van der Waals surface area contributed by atoms with Crippen LogP contribution in [0.25, 0.3) is 0 Å². The van der Waals surface area contributed by atoms with Gasteiger partial charge in [0, 0.05) is 14.0 Å². The summed E-state index contributed by atoms with van der Waals surface area (Å²) in [5.41, 5.74) is 0. The number of amides is 1. The first-order chi connectivity index (χ1) is 5.24. The van der Waals surface area contributed by atoms with E-state index in [0.29, 0.717) is 0 Å². The first-order valence-electron chi connectivity index (χ1n) is 3.53. The van der Waals surface area contributed by atoms with Crippen LogP contribution in [0.5, 0.6) is 0 Å². The monoisotopic (exact) mass is 166 g/mol. The molecule has 3 nitrogen and oxygen atoms in total. The van der Waals surface area contributed by atoms with Gasteiger partial charge < -0.3 is 11.5 Å². The third-order valence-corrected chi connectivity index (χ3v) is 1.57. The van der Waals surface area contributed by atoms with Gasteiger partial charge in [-0.2, -0.15) is 0 Å².